The fourth-order valence-corrected chi connectivity index (χ4v) is 1.06. The quantitative estimate of drug-likeness (QED) is 0.629. The molecule has 0 bridgehead atoms. The number of aromatic nitrogens is 3. The Balaban J connectivity index is 2.21. The summed E-state index contributed by atoms with van der Waals surface area (Å²) in [4.78, 5) is 0. The summed E-state index contributed by atoms with van der Waals surface area (Å²) in [5.74, 6) is 0. The molecule has 0 saturated carbocycles. The maximum Gasteiger partial charge on any atom is 0.169 e. The second kappa shape index (κ2) is 5.69. The van der Waals surface area contributed by atoms with Gasteiger partial charge in [-0.05, 0) is 0 Å². The molecule has 0 aliphatic carbocycles. The minimum atomic E-state index is -0.216. The second-order valence-electron chi connectivity index (χ2n) is 2.92. The number of aryl methyl sites for hydroxylation is 1. The maximum atomic E-state index is 5.02. The minimum Gasteiger partial charge on any atom is -0.355 e. The van der Waals surface area contributed by atoms with E-state index < -0.39 is 0 Å². The SMILES string of the molecule is COC(CNCc1cn(C)nn1)OC. The molecular weight excluding hydrogens is 184 g/mol. The van der Waals surface area contributed by atoms with Crippen molar-refractivity contribution in [1.82, 2.24) is 20.3 Å². The normalized spacial score (nSPS) is 11.1. The van der Waals surface area contributed by atoms with Crippen LogP contribution < -0.4 is 5.32 Å². The van der Waals surface area contributed by atoms with Gasteiger partial charge in [-0.3, -0.25) is 4.68 Å². The van der Waals surface area contributed by atoms with E-state index in [9.17, 15) is 0 Å². The summed E-state index contributed by atoms with van der Waals surface area (Å²) in [7, 11) is 5.06. The molecule has 0 aliphatic rings. The molecule has 1 N–H and O–H groups in total. The highest BCUT2D eigenvalue weighted by Crippen LogP contribution is 1.92. The van der Waals surface area contributed by atoms with Gasteiger partial charge in [0.1, 0.15) is 0 Å². The van der Waals surface area contributed by atoms with Gasteiger partial charge < -0.3 is 14.8 Å². The monoisotopic (exact) mass is 200 g/mol. The Labute approximate surface area is 83.2 Å². The largest absolute Gasteiger partial charge is 0.355 e. The number of ether oxygens (including phenoxy) is 2. The van der Waals surface area contributed by atoms with Crippen molar-refractivity contribution in [3.63, 3.8) is 0 Å². The first-order valence-electron chi connectivity index (χ1n) is 4.37. The molecule has 0 atom stereocenters. The predicted molar refractivity (Wildman–Crippen MR) is 50.5 cm³/mol. The molecule has 0 radical (unpaired) electrons. The number of methoxy groups -OCH3 is 2. The predicted octanol–water partition coefficient (Wildman–Crippen LogP) is -0.476. The first-order chi connectivity index (χ1) is 6.76. The van der Waals surface area contributed by atoms with Gasteiger partial charge in [0.05, 0.1) is 5.69 Å². The average molecular weight is 200 g/mol. The molecule has 1 rings (SSSR count). The van der Waals surface area contributed by atoms with Crippen LogP contribution in [0.4, 0.5) is 0 Å². The van der Waals surface area contributed by atoms with Crippen LogP contribution in [0.1, 0.15) is 5.69 Å². The van der Waals surface area contributed by atoms with Crippen molar-refractivity contribution >= 4 is 0 Å². The summed E-state index contributed by atoms with van der Waals surface area (Å²) >= 11 is 0. The Morgan fingerprint density at radius 2 is 2.21 bits per heavy atom. The molecule has 80 valence electrons. The van der Waals surface area contributed by atoms with Crippen molar-refractivity contribution in [3.8, 4) is 0 Å². The highest BCUT2D eigenvalue weighted by molar-refractivity contribution is 4.90. The lowest BCUT2D eigenvalue weighted by Crippen LogP contribution is -2.29. The molecule has 0 aromatic carbocycles. The van der Waals surface area contributed by atoms with Gasteiger partial charge in [0, 0.05) is 40.6 Å². The van der Waals surface area contributed by atoms with Gasteiger partial charge in [0.15, 0.2) is 6.29 Å². The molecular formula is C8H16N4O2. The molecule has 0 aliphatic heterocycles. The van der Waals surface area contributed by atoms with Crippen molar-refractivity contribution < 1.29 is 9.47 Å². The highest BCUT2D eigenvalue weighted by Gasteiger charge is 2.04. The number of hydrogen-bond acceptors (Lipinski definition) is 5. The summed E-state index contributed by atoms with van der Waals surface area (Å²) in [5.41, 5.74) is 0.901. The fourth-order valence-electron chi connectivity index (χ4n) is 1.06. The van der Waals surface area contributed by atoms with Crippen LogP contribution in [0, 0.1) is 0 Å². The third-order valence-corrected chi connectivity index (χ3v) is 1.79. The number of hydrogen-bond donors (Lipinski definition) is 1. The smallest absolute Gasteiger partial charge is 0.169 e. The van der Waals surface area contributed by atoms with E-state index in [-0.39, 0.29) is 6.29 Å². The van der Waals surface area contributed by atoms with Crippen LogP contribution in [0.2, 0.25) is 0 Å². The van der Waals surface area contributed by atoms with E-state index in [1.54, 1.807) is 18.9 Å². The van der Waals surface area contributed by atoms with E-state index in [1.807, 2.05) is 13.2 Å². The van der Waals surface area contributed by atoms with Crippen LogP contribution in [0.25, 0.3) is 0 Å². The Bertz CT molecular complexity index is 260. The van der Waals surface area contributed by atoms with E-state index in [0.29, 0.717) is 13.1 Å². The highest BCUT2D eigenvalue weighted by atomic mass is 16.7. The first kappa shape index (κ1) is 11.1. The zero-order valence-electron chi connectivity index (χ0n) is 8.73. The number of nitrogens with one attached hydrogen (secondary N) is 1. The summed E-state index contributed by atoms with van der Waals surface area (Å²) in [5, 5.41) is 10.9. The van der Waals surface area contributed by atoms with Gasteiger partial charge in [0.25, 0.3) is 0 Å². The summed E-state index contributed by atoms with van der Waals surface area (Å²) in [6.07, 6.45) is 1.65. The lowest BCUT2D eigenvalue weighted by Gasteiger charge is -2.12. The van der Waals surface area contributed by atoms with Gasteiger partial charge in [-0.2, -0.15) is 0 Å². The molecule has 0 saturated heterocycles. The van der Waals surface area contributed by atoms with Crippen LogP contribution in [-0.4, -0.2) is 42.0 Å². The Morgan fingerprint density at radius 3 is 2.71 bits per heavy atom. The fraction of sp³-hybridized carbons (Fsp3) is 0.750. The molecule has 1 heterocycles. The molecule has 0 fully saturated rings. The molecule has 0 spiro atoms. The summed E-state index contributed by atoms with van der Waals surface area (Å²) < 4.78 is 11.7. The topological polar surface area (TPSA) is 61.2 Å². The van der Waals surface area contributed by atoms with Crippen LogP contribution in [0.15, 0.2) is 6.20 Å². The molecule has 1 aromatic heterocycles. The van der Waals surface area contributed by atoms with Crippen molar-refractivity contribution in [1.29, 1.82) is 0 Å². The van der Waals surface area contributed by atoms with E-state index >= 15 is 0 Å². The van der Waals surface area contributed by atoms with Crippen LogP contribution in [0.3, 0.4) is 0 Å². The molecule has 1 aromatic rings. The molecule has 6 heteroatoms. The summed E-state index contributed by atoms with van der Waals surface area (Å²) in [6, 6.07) is 0. The van der Waals surface area contributed by atoms with Crippen LogP contribution in [0.5, 0.6) is 0 Å². The standard InChI is InChI=1S/C8H16N4O2/c1-12-6-7(10-11-12)4-9-5-8(13-2)14-3/h6,8-9H,4-5H2,1-3H3. The Hall–Kier alpha value is -0.980. The average Bonchev–Trinajstić information content (AvgIpc) is 2.59. The molecule has 14 heavy (non-hydrogen) atoms. The van der Waals surface area contributed by atoms with Crippen molar-refractivity contribution in [2.45, 2.75) is 12.8 Å². The van der Waals surface area contributed by atoms with E-state index in [4.69, 9.17) is 9.47 Å². The van der Waals surface area contributed by atoms with Crippen molar-refractivity contribution in [2.75, 3.05) is 20.8 Å². The Morgan fingerprint density at radius 1 is 1.50 bits per heavy atom. The van der Waals surface area contributed by atoms with Crippen LogP contribution in [-0.2, 0) is 23.1 Å². The van der Waals surface area contributed by atoms with E-state index in [0.717, 1.165) is 5.69 Å². The van der Waals surface area contributed by atoms with Gasteiger partial charge in [-0.1, -0.05) is 5.21 Å². The molecule has 0 unspecified atom stereocenters. The molecule has 6 nitrogen and oxygen atoms in total. The lowest BCUT2D eigenvalue weighted by molar-refractivity contribution is -0.0989. The number of rotatable bonds is 6. The van der Waals surface area contributed by atoms with Crippen LogP contribution >= 0.6 is 0 Å². The lowest BCUT2D eigenvalue weighted by atomic mass is 10.4. The second-order valence-corrected chi connectivity index (χ2v) is 2.92. The van der Waals surface area contributed by atoms with Crippen molar-refractivity contribution in [3.05, 3.63) is 11.9 Å². The first-order valence-corrected chi connectivity index (χ1v) is 4.37. The van der Waals surface area contributed by atoms with Crippen molar-refractivity contribution in [2.24, 2.45) is 7.05 Å². The van der Waals surface area contributed by atoms with Gasteiger partial charge in [-0.25, -0.2) is 0 Å². The third kappa shape index (κ3) is 3.41. The molecule has 0 amide bonds. The Kier molecular flexibility index (Phi) is 4.51. The minimum absolute atomic E-state index is 0.216. The van der Waals surface area contributed by atoms with Gasteiger partial charge >= 0.3 is 0 Å². The zero-order chi connectivity index (χ0) is 10.4. The van der Waals surface area contributed by atoms with E-state index in [1.165, 1.54) is 0 Å². The zero-order valence-corrected chi connectivity index (χ0v) is 8.73. The van der Waals surface area contributed by atoms with Gasteiger partial charge in [-0.15, -0.1) is 5.10 Å². The van der Waals surface area contributed by atoms with Gasteiger partial charge in [0.2, 0.25) is 0 Å². The van der Waals surface area contributed by atoms with E-state index in [2.05, 4.69) is 15.6 Å². The maximum absolute atomic E-state index is 5.02. The summed E-state index contributed by atoms with van der Waals surface area (Å²) in [6.45, 7) is 1.29. The third-order valence-electron chi connectivity index (χ3n) is 1.79. The number of nitrogens with zero attached hydrogens (tertiary/aromatic N) is 3.